The fraction of sp³-hybridized carbons (Fsp3) is 0.176. The van der Waals surface area contributed by atoms with Crippen molar-refractivity contribution in [3.63, 3.8) is 0 Å². The van der Waals surface area contributed by atoms with Crippen LogP contribution in [0.4, 0.5) is 4.39 Å². The molecule has 10 heteroatoms. The molecular formula is C17H18FN3O5S. The van der Waals surface area contributed by atoms with Crippen molar-refractivity contribution >= 4 is 21.8 Å². The molecule has 2 rings (SSSR count). The first-order chi connectivity index (χ1) is 12.7. The van der Waals surface area contributed by atoms with E-state index in [0.717, 1.165) is 4.31 Å². The highest BCUT2D eigenvalue weighted by atomic mass is 32.2. The maximum atomic E-state index is 12.8. The second-order valence-electron chi connectivity index (χ2n) is 5.56. The number of carbonyl (C=O) groups excluding carboxylic acids is 2. The molecule has 0 aliphatic heterocycles. The molecule has 0 unspecified atom stereocenters. The third-order valence-corrected chi connectivity index (χ3v) is 5.22. The van der Waals surface area contributed by atoms with E-state index in [-0.39, 0.29) is 17.1 Å². The van der Waals surface area contributed by atoms with Crippen LogP contribution in [-0.2, 0) is 14.8 Å². The summed E-state index contributed by atoms with van der Waals surface area (Å²) in [5, 5.41) is 0. The second kappa shape index (κ2) is 8.60. The van der Waals surface area contributed by atoms with Crippen LogP contribution in [0.15, 0.2) is 53.4 Å². The third kappa shape index (κ3) is 5.50. The average Bonchev–Trinajstić information content (AvgIpc) is 2.65. The number of sulfonamides is 1. The summed E-state index contributed by atoms with van der Waals surface area (Å²) in [6.45, 7) is -0.383. The number of amides is 2. The highest BCUT2D eigenvalue weighted by Crippen LogP contribution is 2.14. The zero-order chi connectivity index (χ0) is 20.0. The third-order valence-electron chi connectivity index (χ3n) is 3.39. The maximum absolute atomic E-state index is 12.8. The van der Waals surface area contributed by atoms with Gasteiger partial charge in [-0.1, -0.05) is 0 Å². The molecule has 0 radical (unpaired) electrons. The van der Waals surface area contributed by atoms with Gasteiger partial charge >= 0.3 is 0 Å². The summed E-state index contributed by atoms with van der Waals surface area (Å²) < 4.78 is 42.9. The van der Waals surface area contributed by atoms with Gasteiger partial charge in [0.15, 0.2) is 6.61 Å². The van der Waals surface area contributed by atoms with Crippen molar-refractivity contribution in [1.29, 1.82) is 0 Å². The van der Waals surface area contributed by atoms with Crippen LogP contribution in [0.2, 0.25) is 0 Å². The molecular weight excluding hydrogens is 377 g/mol. The van der Waals surface area contributed by atoms with Crippen LogP contribution in [0.5, 0.6) is 5.75 Å². The molecule has 0 saturated heterocycles. The molecule has 2 amide bonds. The number of nitrogens with zero attached hydrogens (tertiary/aromatic N) is 1. The van der Waals surface area contributed by atoms with Gasteiger partial charge in [-0.2, -0.15) is 0 Å². The number of halogens is 1. The van der Waals surface area contributed by atoms with Crippen molar-refractivity contribution in [2.75, 3.05) is 20.7 Å². The molecule has 2 aromatic carbocycles. The Labute approximate surface area is 156 Å². The molecule has 0 spiro atoms. The molecule has 2 N–H and O–H groups in total. The maximum Gasteiger partial charge on any atom is 0.276 e. The number of rotatable bonds is 6. The van der Waals surface area contributed by atoms with E-state index >= 15 is 0 Å². The zero-order valence-electron chi connectivity index (χ0n) is 14.6. The quantitative estimate of drug-likeness (QED) is 0.708. The molecule has 0 aromatic heterocycles. The lowest BCUT2D eigenvalue weighted by Crippen LogP contribution is -2.43. The molecule has 0 bridgehead atoms. The van der Waals surface area contributed by atoms with Crippen molar-refractivity contribution < 1.29 is 27.1 Å². The summed E-state index contributed by atoms with van der Waals surface area (Å²) in [5.41, 5.74) is 4.51. The van der Waals surface area contributed by atoms with Gasteiger partial charge in [0.25, 0.3) is 11.8 Å². The Bertz CT molecular complexity index is 913. The lowest BCUT2D eigenvalue weighted by molar-refractivity contribution is -0.123. The van der Waals surface area contributed by atoms with Gasteiger partial charge in [-0.25, -0.2) is 17.1 Å². The van der Waals surface area contributed by atoms with Crippen molar-refractivity contribution in [1.82, 2.24) is 15.2 Å². The molecule has 0 aliphatic rings. The van der Waals surface area contributed by atoms with Gasteiger partial charge in [0.1, 0.15) is 11.6 Å². The Morgan fingerprint density at radius 3 is 2.15 bits per heavy atom. The van der Waals surface area contributed by atoms with E-state index in [9.17, 15) is 22.4 Å². The van der Waals surface area contributed by atoms with E-state index in [1.54, 1.807) is 0 Å². The smallest absolute Gasteiger partial charge is 0.276 e. The Balaban J connectivity index is 1.86. The second-order valence-corrected chi connectivity index (χ2v) is 7.71. The van der Waals surface area contributed by atoms with Gasteiger partial charge in [0.05, 0.1) is 4.90 Å². The van der Waals surface area contributed by atoms with E-state index in [2.05, 4.69) is 10.9 Å². The highest BCUT2D eigenvalue weighted by Gasteiger charge is 2.17. The molecule has 0 atom stereocenters. The van der Waals surface area contributed by atoms with E-state index < -0.39 is 27.7 Å². The molecule has 144 valence electrons. The summed E-state index contributed by atoms with van der Waals surface area (Å²) in [6, 6.07) is 10.4. The van der Waals surface area contributed by atoms with Crippen LogP contribution in [0.25, 0.3) is 0 Å². The lowest BCUT2D eigenvalue weighted by Gasteiger charge is -2.12. The van der Waals surface area contributed by atoms with E-state index in [1.807, 2.05) is 0 Å². The molecule has 8 nitrogen and oxygen atoms in total. The monoisotopic (exact) mass is 395 g/mol. The molecule has 0 saturated carbocycles. The molecule has 0 fully saturated rings. The standard InChI is InChI=1S/C17H18FN3O5S/c1-21(2)27(24,25)15-9-3-12(4-10-15)17(23)20-19-16(22)11-26-14-7-5-13(18)6-8-14/h3-10H,11H2,1-2H3,(H,19,22)(H,20,23). The van der Waals surface area contributed by atoms with Gasteiger partial charge < -0.3 is 4.74 Å². The number of benzene rings is 2. The topological polar surface area (TPSA) is 105 Å². The van der Waals surface area contributed by atoms with Crippen molar-refractivity contribution in [2.45, 2.75) is 4.90 Å². The number of carbonyl (C=O) groups is 2. The van der Waals surface area contributed by atoms with Gasteiger partial charge in [-0.05, 0) is 48.5 Å². The van der Waals surface area contributed by atoms with E-state index in [4.69, 9.17) is 4.74 Å². The first-order valence-electron chi connectivity index (χ1n) is 7.70. The van der Waals surface area contributed by atoms with Crippen molar-refractivity contribution in [2.24, 2.45) is 0 Å². The number of ether oxygens (including phenoxy) is 1. The first kappa shape index (κ1) is 20.3. The summed E-state index contributed by atoms with van der Waals surface area (Å²) in [7, 11) is -0.785. The lowest BCUT2D eigenvalue weighted by atomic mass is 10.2. The van der Waals surface area contributed by atoms with Crippen LogP contribution in [0.3, 0.4) is 0 Å². The van der Waals surface area contributed by atoms with E-state index in [0.29, 0.717) is 5.75 Å². The SMILES string of the molecule is CN(C)S(=O)(=O)c1ccc(C(=O)NNC(=O)COc2ccc(F)cc2)cc1. The summed E-state index contributed by atoms with van der Waals surface area (Å²) >= 11 is 0. The molecule has 2 aromatic rings. The van der Waals surface area contributed by atoms with Gasteiger partial charge in [0.2, 0.25) is 10.0 Å². The van der Waals surface area contributed by atoms with Crippen LogP contribution >= 0.6 is 0 Å². The predicted molar refractivity (Wildman–Crippen MR) is 94.8 cm³/mol. The summed E-state index contributed by atoms with van der Waals surface area (Å²) in [6.07, 6.45) is 0. The number of hydrogen-bond donors (Lipinski definition) is 2. The normalized spacial score (nSPS) is 11.1. The Morgan fingerprint density at radius 1 is 1.00 bits per heavy atom. The molecule has 0 heterocycles. The van der Waals surface area contributed by atoms with Crippen molar-refractivity contribution in [3.05, 3.63) is 59.9 Å². The average molecular weight is 395 g/mol. The minimum Gasteiger partial charge on any atom is -0.484 e. The fourth-order valence-electron chi connectivity index (χ4n) is 1.90. The van der Waals surface area contributed by atoms with Crippen LogP contribution in [0, 0.1) is 5.82 Å². The van der Waals surface area contributed by atoms with Gasteiger partial charge in [0, 0.05) is 19.7 Å². The Hall–Kier alpha value is -2.98. The number of hydrazine groups is 1. The van der Waals surface area contributed by atoms with Gasteiger partial charge in [-0.15, -0.1) is 0 Å². The summed E-state index contributed by atoms with van der Waals surface area (Å²) in [4.78, 5) is 23.7. The first-order valence-corrected chi connectivity index (χ1v) is 9.14. The highest BCUT2D eigenvalue weighted by molar-refractivity contribution is 7.89. The van der Waals surface area contributed by atoms with Crippen LogP contribution in [0.1, 0.15) is 10.4 Å². The predicted octanol–water partition coefficient (Wildman–Crippen LogP) is 0.916. The number of hydrogen-bond acceptors (Lipinski definition) is 5. The minimum atomic E-state index is -3.59. The van der Waals surface area contributed by atoms with Gasteiger partial charge in [-0.3, -0.25) is 20.4 Å². The minimum absolute atomic E-state index is 0.0424. The van der Waals surface area contributed by atoms with Crippen LogP contribution < -0.4 is 15.6 Å². The van der Waals surface area contributed by atoms with Crippen LogP contribution in [-0.4, -0.2) is 45.2 Å². The largest absolute Gasteiger partial charge is 0.484 e. The fourth-order valence-corrected chi connectivity index (χ4v) is 2.81. The van der Waals surface area contributed by atoms with Crippen molar-refractivity contribution in [3.8, 4) is 5.75 Å². The zero-order valence-corrected chi connectivity index (χ0v) is 15.4. The summed E-state index contributed by atoms with van der Waals surface area (Å²) in [5.74, 6) is -1.38. The molecule has 0 aliphatic carbocycles. The van der Waals surface area contributed by atoms with E-state index in [1.165, 1.54) is 62.6 Å². The molecule has 27 heavy (non-hydrogen) atoms. The Morgan fingerprint density at radius 2 is 1.59 bits per heavy atom. The number of nitrogens with one attached hydrogen (secondary N) is 2. The Kier molecular flexibility index (Phi) is 6.48.